The van der Waals surface area contributed by atoms with Crippen LogP contribution in [-0.2, 0) is 0 Å². The fraction of sp³-hybridized carbons (Fsp3) is 0.160. The number of nitro benzene ring substituents is 1. The molecule has 0 heterocycles. The summed E-state index contributed by atoms with van der Waals surface area (Å²) in [6, 6.07) is 14.7. The van der Waals surface area contributed by atoms with Crippen LogP contribution >= 0.6 is 0 Å². The van der Waals surface area contributed by atoms with E-state index in [1.54, 1.807) is 31.2 Å². The van der Waals surface area contributed by atoms with Crippen molar-refractivity contribution in [1.29, 1.82) is 0 Å². The van der Waals surface area contributed by atoms with Gasteiger partial charge in [-0.3, -0.25) is 14.9 Å². The third-order valence-electron chi connectivity index (χ3n) is 4.79. The molecule has 3 aromatic rings. The molecule has 0 atom stereocenters. The summed E-state index contributed by atoms with van der Waals surface area (Å²) in [6.45, 7) is 2.09. The molecule has 0 fully saturated rings. The number of carbonyl (C=O) groups excluding carboxylic acids is 2. The van der Waals surface area contributed by atoms with Crippen LogP contribution in [0.3, 0.4) is 0 Å². The Hall–Kier alpha value is -4.93. The maximum Gasteiger partial charge on any atom is 0.343 e. The molecule has 0 saturated heterocycles. The quantitative estimate of drug-likeness (QED) is 0.147. The number of hydrogen-bond donors (Lipinski definition) is 1. The van der Waals surface area contributed by atoms with Crippen LogP contribution in [0.4, 0.5) is 5.69 Å². The zero-order valence-corrected chi connectivity index (χ0v) is 19.7. The largest absolute Gasteiger partial charge is 0.493 e. The zero-order valence-electron chi connectivity index (χ0n) is 19.7. The molecule has 11 heteroatoms. The molecular weight excluding hydrogens is 470 g/mol. The second kappa shape index (κ2) is 12.0. The first-order chi connectivity index (χ1) is 17.4. The predicted octanol–water partition coefficient (Wildman–Crippen LogP) is 3.99. The molecule has 0 aromatic heterocycles. The van der Waals surface area contributed by atoms with Crippen LogP contribution in [-0.4, -0.2) is 43.8 Å². The maximum absolute atomic E-state index is 12.7. The normalized spacial score (nSPS) is 10.5. The van der Waals surface area contributed by atoms with Crippen LogP contribution in [0.2, 0.25) is 0 Å². The minimum atomic E-state index is -0.623. The van der Waals surface area contributed by atoms with Gasteiger partial charge in [-0.1, -0.05) is 6.07 Å². The summed E-state index contributed by atoms with van der Waals surface area (Å²) in [7, 11) is 2.96. The average Bonchev–Trinajstić information content (AvgIpc) is 2.89. The first-order valence-electron chi connectivity index (χ1n) is 10.6. The molecule has 3 aromatic carbocycles. The summed E-state index contributed by atoms with van der Waals surface area (Å²) in [5.41, 5.74) is 3.00. The number of esters is 1. The van der Waals surface area contributed by atoms with Crippen LogP contribution < -0.4 is 24.4 Å². The molecular formula is C25H23N3O8. The first-order valence-corrected chi connectivity index (χ1v) is 10.6. The predicted molar refractivity (Wildman–Crippen MR) is 130 cm³/mol. The molecule has 3 rings (SSSR count). The van der Waals surface area contributed by atoms with E-state index in [0.717, 1.165) is 6.07 Å². The van der Waals surface area contributed by atoms with E-state index in [0.29, 0.717) is 29.4 Å². The van der Waals surface area contributed by atoms with Crippen molar-refractivity contribution in [2.75, 3.05) is 20.8 Å². The number of nitrogens with one attached hydrogen (secondary N) is 1. The van der Waals surface area contributed by atoms with E-state index in [1.165, 1.54) is 50.8 Å². The van der Waals surface area contributed by atoms with E-state index in [4.69, 9.17) is 18.9 Å². The van der Waals surface area contributed by atoms with Crippen LogP contribution in [0.25, 0.3) is 0 Å². The average molecular weight is 493 g/mol. The van der Waals surface area contributed by atoms with Crippen molar-refractivity contribution in [1.82, 2.24) is 5.43 Å². The van der Waals surface area contributed by atoms with Gasteiger partial charge in [0.2, 0.25) is 0 Å². The fourth-order valence-corrected chi connectivity index (χ4v) is 3.07. The number of hydrazone groups is 1. The van der Waals surface area contributed by atoms with Crippen molar-refractivity contribution in [2.24, 2.45) is 5.10 Å². The highest BCUT2D eigenvalue weighted by molar-refractivity contribution is 5.95. The Morgan fingerprint density at radius 1 is 0.944 bits per heavy atom. The van der Waals surface area contributed by atoms with Gasteiger partial charge in [0.15, 0.2) is 23.0 Å². The highest BCUT2D eigenvalue weighted by Crippen LogP contribution is 2.31. The molecule has 0 spiro atoms. The lowest BCUT2D eigenvalue weighted by Crippen LogP contribution is -2.17. The maximum atomic E-state index is 12.7. The summed E-state index contributed by atoms with van der Waals surface area (Å²) in [5.74, 6) is 0.110. The lowest BCUT2D eigenvalue weighted by molar-refractivity contribution is -0.384. The fourth-order valence-electron chi connectivity index (χ4n) is 3.07. The number of carbonyl (C=O) groups is 2. The lowest BCUT2D eigenvalue weighted by atomic mass is 10.2. The number of nitro groups is 1. The smallest absolute Gasteiger partial charge is 0.343 e. The molecule has 36 heavy (non-hydrogen) atoms. The van der Waals surface area contributed by atoms with Gasteiger partial charge in [-0.05, 0) is 55.0 Å². The third kappa shape index (κ3) is 6.35. The lowest BCUT2D eigenvalue weighted by Gasteiger charge is -2.12. The number of ether oxygens (including phenoxy) is 4. The van der Waals surface area contributed by atoms with Crippen LogP contribution in [0, 0.1) is 10.1 Å². The van der Waals surface area contributed by atoms with E-state index in [2.05, 4.69) is 10.5 Å². The molecule has 1 amide bonds. The Kier molecular flexibility index (Phi) is 8.54. The summed E-state index contributed by atoms with van der Waals surface area (Å²) < 4.78 is 21.5. The molecule has 0 aliphatic heterocycles. The molecule has 11 nitrogen and oxygen atoms in total. The van der Waals surface area contributed by atoms with Gasteiger partial charge in [0.1, 0.15) is 0 Å². The molecule has 0 radical (unpaired) electrons. The van der Waals surface area contributed by atoms with Crippen LogP contribution in [0.5, 0.6) is 23.0 Å². The number of hydrogen-bond acceptors (Lipinski definition) is 9. The molecule has 0 bridgehead atoms. The van der Waals surface area contributed by atoms with Crippen molar-refractivity contribution in [3.05, 3.63) is 87.5 Å². The monoisotopic (exact) mass is 493 g/mol. The van der Waals surface area contributed by atoms with Crippen molar-refractivity contribution in [3.8, 4) is 23.0 Å². The minimum Gasteiger partial charge on any atom is -0.493 e. The van der Waals surface area contributed by atoms with Gasteiger partial charge >= 0.3 is 5.97 Å². The molecule has 0 aliphatic carbocycles. The van der Waals surface area contributed by atoms with E-state index in [9.17, 15) is 19.7 Å². The number of rotatable bonds is 10. The molecule has 186 valence electrons. The van der Waals surface area contributed by atoms with Gasteiger partial charge in [-0.25, -0.2) is 10.2 Å². The summed E-state index contributed by atoms with van der Waals surface area (Å²) in [4.78, 5) is 35.2. The third-order valence-corrected chi connectivity index (χ3v) is 4.79. The number of benzene rings is 3. The van der Waals surface area contributed by atoms with Crippen molar-refractivity contribution < 1.29 is 33.5 Å². The number of amides is 1. The summed E-state index contributed by atoms with van der Waals surface area (Å²) >= 11 is 0. The van der Waals surface area contributed by atoms with Crippen molar-refractivity contribution in [2.45, 2.75) is 6.92 Å². The van der Waals surface area contributed by atoms with Gasteiger partial charge in [0, 0.05) is 17.7 Å². The highest BCUT2D eigenvalue weighted by Gasteiger charge is 2.16. The van der Waals surface area contributed by atoms with Gasteiger partial charge in [0.25, 0.3) is 11.6 Å². The number of methoxy groups -OCH3 is 2. The summed E-state index contributed by atoms with van der Waals surface area (Å²) in [6.07, 6.45) is 1.36. The molecule has 1 N–H and O–H groups in total. The van der Waals surface area contributed by atoms with Gasteiger partial charge < -0.3 is 18.9 Å². The second-order valence-electron chi connectivity index (χ2n) is 7.11. The van der Waals surface area contributed by atoms with Crippen LogP contribution in [0.15, 0.2) is 65.8 Å². The van der Waals surface area contributed by atoms with Crippen LogP contribution in [0.1, 0.15) is 33.2 Å². The molecule has 0 aliphatic rings. The topological polar surface area (TPSA) is 139 Å². The molecule has 0 unspecified atom stereocenters. The van der Waals surface area contributed by atoms with E-state index in [1.807, 2.05) is 0 Å². The standard InChI is InChI=1S/C25H23N3O8/c1-4-35-23-12-16(15-26-27-24(29)17-6-5-7-19(13-17)28(31)32)8-10-21(23)36-25(30)18-9-11-20(33-2)22(14-18)34-3/h5-15H,4H2,1-3H3,(H,27,29)/b26-15+. The highest BCUT2D eigenvalue weighted by atomic mass is 16.6. The van der Waals surface area contributed by atoms with Gasteiger partial charge in [-0.2, -0.15) is 5.10 Å². The van der Waals surface area contributed by atoms with E-state index < -0.39 is 16.8 Å². The minimum absolute atomic E-state index is 0.0915. The second-order valence-corrected chi connectivity index (χ2v) is 7.11. The van der Waals surface area contributed by atoms with Crippen molar-refractivity contribution >= 4 is 23.8 Å². The SMILES string of the molecule is CCOc1cc(/C=N/NC(=O)c2cccc([N+](=O)[O-])c2)ccc1OC(=O)c1ccc(OC)c(OC)c1. The Labute approximate surface area is 206 Å². The van der Waals surface area contributed by atoms with Gasteiger partial charge in [-0.15, -0.1) is 0 Å². The van der Waals surface area contributed by atoms with E-state index in [-0.39, 0.29) is 22.6 Å². The van der Waals surface area contributed by atoms with Crippen molar-refractivity contribution in [3.63, 3.8) is 0 Å². The van der Waals surface area contributed by atoms with Gasteiger partial charge in [0.05, 0.1) is 37.5 Å². The number of non-ortho nitro benzene ring substituents is 1. The summed E-state index contributed by atoms with van der Waals surface area (Å²) in [5, 5.41) is 14.8. The Morgan fingerprint density at radius 3 is 2.39 bits per heavy atom. The Morgan fingerprint density at radius 2 is 1.69 bits per heavy atom. The zero-order chi connectivity index (χ0) is 26.1. The number of nitrogens with zero attached hydrogens (tertiary/aromatic N) is 2. The first kappa shape index (κ1) is 25.7. The Balaban J connectivity index is 1.72. The Bertz CT molecular complexity index is 1310. The molecule has 0 saturated carbocycles. The van der Waals surface area contributed by atoms with E-state index >= 15 is 0 Å².